The fourth-order valence-corrected chi connectivity index (χ4v) is 4.04. The van der Waals surface area contributed by atoms with Gasteiger partial charge in [-0.25, -0.2) is 17.5 Å². The van der Waals surface area contributed by atoms with E-state index in [0.29, 0.717) is 19.4 Å². The first-order chi connectivity index (χ1) is 9.91. The van der Waals surface area contributed by atoms with Crippen LogP contribution in [0, 0.1) is 5.82 Å². The van der Waals surface area contributed by atoms with E-state index in [1.165, 1.54) is 12.1 Å². The van der Waals surface area contributed by atoms with Gasteiger partial charge in [0.2, 0.25) is 10.0 Å². The molecular formula is C15H22FNO3S. The Bertz CT molecular complexity index is 567. The molecule has 0 aliphatic carbocycles. The highest BCUT2D eigenvalue weighted by Gasteiger charge is 2.36. The van der Waals surface area contributed by atoms with E-state index in [9.17, 15) is 12.8 Å². The van der Waals surface area contributed by atoms with Crippen LogP contribution in [-0.2, 0) is 14.8 Å². The van der Waals surface area contributed by atoms with Crippen LogP contribution in [0.4, 0.5) is 4.39 Å². The van der Waals surface area contributed by atoms with Crippen LogP contribution < -0.4 is 4.72 Å². The van der Waals surface area contributed by atoms with Gasteiger partial charge in [-0.15, -0.1) is 0 Å². The summed E-state index contributed by atoms with van der Waals surface area (Å²) in [6.45, 7) is 4.67. The fourth-order valence-electron chi connectivity index (χ4n) is 2.77. The van der Waals surface area contributed by atoms with Crippen molar-refractivity contribution in [3.63, 3.8) is 0 Å². The van der Waals surface area contributed by atoms with Crippen molar-refractivity contribution in [2.24, 2.45) is 0 Å². The summed E-state index contributed by atoms with van der Waals surface area (Å²) >= 11 is 0. The van der Waals surface area contributed by atoms with Crippen LogP contribution in [-0.4, -0.2) is 26.7 Å². The lowest BCUT2D eigenvalue weighted by Gasteiger charge is -2.40. The van der Waals surface area contributed by atoms with Gasteiger partial charge in [-0.1, -0.05) is 13.8 Å². The Morgan fingerprint density at radius 2 is 1.90 bits per heavy atom. The molecule has 1 saturated heterocycles. The molecule has 0 amide bonds. The largest absolute Gasteiger partial charge is 0.375 e. The van der Waals surface area contributed by atoms with Crippen molar-refractivity contribution in [3.8, 4) is 0 Å². The third-order valence-corrected chi connectivity index (χ3v) is 5.76. The summed E-state index contributed by atoms with van der Waals surface area (Å²) in [6.07, 6.45) is 3.04. The van der Waals surface area contributed by atoms with Gasteiger partial charge in [0, 0.05) is 12.6 Å². The Labute approximate surface area is 125 Å². The lowest BCUT2D eigenvalue weighted by Crippen LogP contribution is -2.48. The highest BCUT2D eigenvalue weighted by Crippen LogP contribution is 2.32. The molecule has 6 heteroatoms. The van der Waals surface area contributed by atoms with E-state index in [1.54, 1.807) is 0 Å². The lowest BCUT2D eigenvalue weighted by molar-refractivity contribution is -0.0905. The number of hydrogen-bond donors (Lipinski definition) is 1. The number of ether oxygens (including phenoxy) is 1. The fraction of sp³-hybridized carbons (Fsp3) is 0.600. The zero-order chi connectivity index (χ0) is 15.5. The molecule has 1 atom stereocenters. The van der Waals surface area contributed by atoms with Gasteiger partial charge >= 0.3 is 0 Å². The Balaban J connectivity index is 2.11. The van der Waals surface area contributed by atoms with E-state index in [4.69, 9.17) is 4.74 Å². The van der Waals surface area contributed by atoms with E-state index < -0.39 is 15.8 Å². The number of benzene rings is 1. The van der Waals surface area contributed by atoms with Crippen LogP contribution in [0.25, 0.3) is 0 Å². The molecule has 0 aromatic heterocycles. The first kappa shape index (κ1) is 16.4. The van der Waals surface area contributed by atoms with Crippen molar-refractivity contribution >= 4 is 10.0 Å². The monoisotopic (exact) mass is 315 g/mol. The summed E-state index contributed by atoms with van der Waals surface area (Å²) in [4.78, 5) is 0.0917. The van der Waals surface area contributed by atoms with Crippen molar-refractivity contribution in [2.45, 2.75) is 56.1 Å². The van der Waals surface area contributed by atoms with Crippen molar-refractivity contribution in [2.75, 3.05) is 6.61 Å². The van der Waals surface area contributed by atoms with Crippen molar-refractivity contribution in [3.05, 3.63) is 30.1 Å². The van der Waals surface area contributed by atoms with Crippen LogP contribution in [0.3, 0.4) is 0 Å². The topological polar surface area (TPSA) is 55.4 Å². The molecule has 21 heavy (non-hydrogen) atoms. The molecule has 1 N–H and O–H groups in total. The van der Waals surface area contributed by atoms with E-state index in [-0.39, 0.29) is 16.5 Å². The average Bonchev–Trinajstić information content (AvgIpc) is 2.47. The molecule has 2 rings (SSSR count). The lowest BCUT2D eigenvalue weighted by atomic mass is 9.86. The predicted molar refractivity (Wildman–Crippen MR) is 79.0 cm³/mol. The van der Waals surface area contributed by atoms with E-state index in [0.717, 1.165) is 25.0 Å². The maximum absolute atomic E-state index is 12.9. The van der Waals surface area contributed by atoms with Gasteiger partial charge in [0.15, 0.2) is 0 Å². The van der Waals surface area contributed by atoms with Gasteiger partial charge in [0.1, 0.15) is 5.82 Å². The number of nitrogens with one attached hydrogen (secondary N) is 1. The molecule has 1 unspecified atom stereocenters. The summed E-state index contributed by atoms with van der Waals surface area (Å²) in [5.41, 5.74) is -0.242. The molecule has 118 valence electrons. The normalized spacial score (nSPS) is 22.1. The van der Waals surface area contributed by atoms with Gasteiger partial charge in [-0.05, 0) is 49.9 Å². The van der Waals surface area contributed by atoms with Gasteiger partial charge in [-0.3, -0.25) is 0 Å². The molecule has 4 nitrogen and oxygen atoms in total. The maximum Gasteiger partial charge on any atom is 0.240 e. The number of sulfonamides is 1. The number of rotatable bonds is 5. The summed E-state index contributed by atoms with van der Waals surface area (Å²) < 4.78 is 46.1. The van der Waals surface area contributed by atoms with Crippen LogP contribution in [0.2, 0.25) is 0 Å². The highest BCUT2D eigenvalue weighted by molar-refractivity contribution is 7.89. The first-order valence-corrected chi connectivity index (χ1v) is 8.81. The van der Waals surface area contributed by atoms with Crippen LogP contribution in [0.5, 0.6) is 0 Å². The average molecular weight is 315 g/mol. The standard InChI is InChI=1S/C15H22FNO3S/c1-3-15(4-2)11-13(9-10-20-15)17-21(18,19)14-7-5-12(16)6-8-14/h5-8,13,17H,3-4,9-11H2,1-2H3. The smallest absolute Gasteiger partial charge is 0.240 e. The van der Waals surface area contributed by atoms with Gasteiger partial charge in [-0.2, -0.15) is 0 Å². The summed E-state index contributed by atoms with van der Waals surface area (Å²) in [6, 6.07) is 4.73. The predicted octanol–water partition coefficient (Wildman–Crippen LogP) is 2.84. The summed E-state index contributed by atoms with van der Waals surface area (Å²) in [5.74, 6) is -0.448. The Kier molecular flexibility index (Phi) is 5.01. The Hall–Kier alpha value is -0.980. The molecule has 1 aliphatic heterocycles. The van der Waals surface area contributed by atoms with Crippen molar-refractivity contribution < 1.29 is 17.5 Å². The molecule has 1 aliphatic rings. The Morgan fingerprint density at radius 3 is 2.48 bits per heavy atom. The minimum Gasteiger partial charge on any atom is -0.375 e. The second-order valence-corrected chi connectivity index (χ2v) is 7.22. The second kappa shape index (κ2) is 6.42. The molecule has 1 fully saturated rings. The van der Waals surface area contributed by atoms with Crippen LogP contribution in [0.1, 0.15) is 39.5 Å². The molecular weight excluding hydrogens is 293 g/mol. The zero-order valence-electron chi connectivity index (χ0n) is 12.4. The molecule has 0 spiro atoms. The summed E-state index contributed by atoms with van der Waals surface area (Å²) in [5, 5.41) is 0. The highest BCUT2D eigenvalue weighted by atomic mass is 32.2. The number of hydrogen-bond acceptors (Lipinski definition) is 3. The van der Waals surface area contributed by atoms with Crippen molar-refractivity contribution in [1.29, 1.82) is 0 Å². The quantitative estimate of drug-likeness (QED) is 0.909. The van der Waals surface area contributed by atoms with E-state index in [1.807, 2.05) is 0 Å². The Morgan fingerprint density at radius 1 is 1.29 bits per heavy atom. The molecule has 0 radical (unpaired) electrons. The maximum atomic E-state index is 12.9. The number of halogens is 1. The molecule has 1 heterocycles. The summed E-state index contributed by atoms with van der Waals surface area (Å²) in [7, 11) is -3.62. The van der Waals surface area contributed by atoms with E-state index >= 15 is 0 Å². The van der Waals surface area contributed by atoms with Crippen LogP contribution >= 0.6 is 0 Å². The molecule has 0 bridgehead atoms. The molecule has 1 aromatic rings. The van der Waals surface area contributed by atoms with E-state index in [2.05, 4.69) is 18.6 Å². The van der Waals surface area contributed by atoms with Gasteiger partial charge in [0.25, 0.3) is 0 Å². The molecule has 0 saturated carbocycles. The zero-order valence-corrected chi connectivity index (χ0v) is 13.2. The second-order valence-electron chi connectivity index (χ2n) is 5.50. The SMILES string of the molecule is CCC1(CC)CC(NS(=O)(=O)c2ccc(F)cc2)CCO1. The third-order valence-electron chi connectivity index (χ3n) is 4.23. The van der Waals surface area contributed by atoms with Gasteiger partial charge < -0.3 is 4.74 Å². The van der Waals surface area contributed by atoms with Gasteiger partial charge in [0.05, 0.1) is 10.5 Å². The minimum absolute atomic E-state index is 0.0917. The molecule has 1 aromatic carbocycles. The van der Waals surface area contributed by atoms with Crippen LogP contribution in [0.15, 0.2) is 29.2 Å². The first-order valence-electron chi connectivity index (χ1n) is 7.32. The minimum atomic E-state index is -3.62. The third kappa shape index (κ3) is 3.81. The van der Waals surface area contributed by atoms with Crippen molar-refractivity contribution in [1.82, 2.24) is 4.72 Å².